The molecule has 0 bridgehead atoms. The van der Waals surface area contributed by atoms with E-state index in [4.69, 9.17) is 9.47 Å². The highest BCUT2D eigenvalue weighted by molar-refractivity contribution is 5.90. The van der Waals surface area contributed by atoms with Crippen LogP contribution in [0.15, 0.2) is 42.5 Å². The van der Waals surface area contributed by atoms with Crippen LogP contribution in [-0.2, 0) is 28.4 Å². The van der Waals surface area contributed by atoms with Gasteiger partial charge in [-0.15, -0.1) is 0 Å². The Morgan fingerprint density at radius 3 is 2.11 bits per heavy atom. The number of carbonyl (C=O) groups is 2. The van der Waals surface area contributed by atoms with Crippen molar-refractivity contribution in [2.24, 2.45) is 0 Å². The highest BCUT2D eigenvalue weighted by Crippen LogP contribution is 2.42. The van der Waals surface area contributed by atoms with Crippen molar-refractivity contribution in [3.8, 4) is 0 Å². The fourth-order valence-corrected chi connectivity index (χ4v) is 4.34. The van der Waals surface area contributed by atoms with Crippen LogP contribution in [0.1, 0.15) is 55.5 Å². The van der Waals surface area contributed by atoms with Gasteiger partial charge < -0.3 is 9.47 Å². The van der Waals surface area contributed by atoms with Gasteiger partial charge in [-0.2, -0.15) is 26.3 Å². The summed E-state index contributed by atoms with van der Waals surface area (Å²) in [6.07, 6.45) is -11.9. The van der Waals surface area contributed by atoms with Crippen LogP contribution in [0.4, 0.5) is 41.6 Å². The number of hydrogen-bond donors (Lipinski definition) is 0. The van der Waals surface area contributed by atoms with Gasteiger partial charge >= 0.3 is 24.5 Å². The first-order valence-electron chi connectivity index (χ1n) is 11.3. The first-order chi connectivity index (χ1) is 17.1. The van der Waals surface area contributed by atoms with Crippen molar-refractivity contribution in [3.05, 3.63) is 64.7 Å². The maximum Gasteiger partial charge on any atom is 0.416 e. The molecule has 2 amide bonds. The van der Waals surface area contributed by atoms with E-state index in [9.17, 15) is 35.9 Å². The molecule has 1 aliphatic heterocycles. The van der Waals surface area contributed by atoms with Crippen LogP contribution in [0.3, 0.4) is 0 Å². The van der Waals surface area contributed by atoms with E-state index in [-0.39, 0.29) is 18.1 Å². The molecular weight excluding hydrogens is 506 g/mol. The molecule has 0 aliphatic carbocycles. The van der Waals surface area contributed by atoms with Crippen molar-refractivity contribution < 1.29 is 45.4 Å². The van der Waals surface area contributed by atoms with Crippen molar-refractivity contribution in [2.75, 3.05) is 12.0 Å². The Hall–Kier alpha value is -3.44. The second kappa shape index (κ2) is 10.5. The van der Waals surface area contributed by atoms with Gasteiger partial charge in [-0.3, -0.25) is 9.80 Å². The number of amides is 2. The molecule has 0 radical (unpaired) electrons. The van der Waals surface area contributed by atoms with E-state index in [1.54, 1.807) is 45.0 Å². The monoisotopic (exact) mass is 532 g/mol. The van der Waals surface area contributed by atoms with Crippen LogP contribution in [0.25, 0.3) is 0 Å². The minimum Gasteiger partial charge on any atom is -0.453 e. The summed E-state index contributed by atoms with van der Waals surface area (Å²) < 4.78 is 90.5. The molecule has 0 saturated heterocycles. The van der Waals surface area contributed by atoms with Crippen LogP contribution < -0.4 is 4.90 Å². The number of nitrogens with zero attached hydrogens (tertiary/aromatic N) is 2. The molecule has 2 atom stereocenters. The summed E-state index contributed by atoms with van der Waals surface area (Å²) in [6, 6.07) is 6.42. The van der Waals surface area contributed by atoms with Gasteiger partial charge in [0.15, 0.2) is 0 Å². The molecular formula is C25H26F6N2O4. The van der Waals surface area contributed by atoms with E-state index < -0.39 is 60.4 Å². The molecule has 3 rings (SSSR count). The second-order valence-electron chi connectivity index (χ2n) is 8.97. The Morgan fingerprint density at radius 1 is 1.03 bits per heavy atom. The van der Waals surface area contributed by atoms with Gasteiger partial charge in [0.25, 0.3) is 0 Å². The van der Waals surface area contributed by atoms with Crippen LogP contribution in [0.2, 0.25) is 0 Å². The van der Waals surface area contributed by atoms with Gasteiger partial charge in [0, 0.05) is 12.6 Å². The Balaban J connectivity index is 2.08. The minimum atomic E-state index is -5.03. The number of hydrogen-bond acceptors (Lipinski definition) is 4. The summed E-state index contributed by atoms with van der Waals surface area (Å²) in [6.45, 7) is 4.48. The zero-order chi connectivity index (χ0) is 27.7. The van der Waals surface area contributed by atoms with Crippen LogP contribution >= 0.6 is 0 Å². The Morgan fingerprint density at radius 2 is 1.59 bits per heavy atom. The molecule has 1 aliphatic rings. The van der Waals surface area contributed by atoms with Crippen molar-refractivity contribution in [2.45, 2.75) is 64.3 Å². The summed E-state index contributed by atoms with van der Waals surface area (Å²) in [4.78, 5) is 28.1. The summed E-state index contributed by atoms with van der Waals surface area (Å²) in [5, 5.41) is 0. The third-order valence-electron chi connectivity index (χ3n) is 5.88. The number of benzene rings is 2. The number of ether oxygens (including phenoxy) is 2. The van der Waals surface area contributed by atoms with Gasteiger partial charge in [0.1, 0.15) is 0 Å². The Labute approximate surface area is 209 Å². The van der Waals surface area contributed by atoms with Gasteiger partial charge in [-0.25, -0.2) is 9.59 Å². The average molecular weight is 532 g/mol. The average Bonchev–Trinajstić information content (AvgIpc) is 2.79. The third kappa shape index (κ3) is 6.28. The highest BCUT2D eigenvalue weighted by Gasteiger charge is 2.41. The van der Waals surface area contributed by atoms with Crippen molar-refractivity contribution in [1.29, 1.82) is 0 Å². The molecule has 1 heterocycles. The molecule has 0 fully saturated rings. The number of methoxy groups -OCH3 is 1. The predicted molar refractivity (Wildman–Crippen MR) is 122 cm³/mol. The van der Waals surface area contributed by atoms with Crippen LogP contribution in [0.5, 0.6) is 0 Å². The SMILES string of the molecule is COC(=O)N(Cc1cc(C(F)(F)F)cc(C(F)(F)F)c1)C1C[C@@H](C)N(C(=O)OC(C)C)c2ccccc21. The van der Waals surface area contributed by atoms with E-state index in [1.807, 2.05) is 0 Å². The largest absolute Gasteiger partial charge is 0.453 e. The molecule has 0 spiro atoms. The lowest BCUT2D eigenvalue weighted by Crippen LogP contribution is -2.48. The summed E-state index contributed by atoms with van der Waals surface area (Å²) in [5.74, 6) is 0. The number of para-hydroxylation sites is 1. The van der Waals surface area contributed by atoms with Crippen molar-refractivity contribution >= 4 is 17.9 Å². The first-order valence-corrected chi connectivity index (χ1v) is 11.3. The molecule has 0 N–H and O–H groups in total. The zero-order valence-corrected chi connectivity index (χ0v) is 20.5. The fourth-order valence-electron chi connectivity index (χ4n) is 4.34. The van der Waals surface area contributed by atoms with Crippen LogP contribution in [-0.4, -0.2) is 36.3 Å². The van der Waals surface area contributed by atoms with E-state index >= 15 is 0 Å². The van der Waals surface area contributed by atoms with Gasteiger partial charge in [-0.05, 0) is 62.6 Å². The van der Waals surface area contributed by atoms with Gasteiger partial charge in [-0.1, -0.05) is 18.2 Å². The maximum atomic E-state index is 13.4. The molecule has 2 aromatic carbocycles. The van der Waals surface area contributed by atoms with E-state index in [0.29, 0.717) is 23.4 Å². The Kier molecular flexibility index (Phi) is 7.99. The molecule has 1 unspecified atom stereocenters. The number of fused-ring (bicyclic) bond motifs is 1. The molecule has 0 saturated carbocycles. The lowest BCUT2D eigenvalue weighted by atomic mass is 9.90. The molecule has 2 aromatic rings. The molecule has 6 nitrogen and oxygen atoms in total. The number of rotatable bonds is 4. The first kappa shape index (κ1) is 28.1. The Bertz CT molecular complexity index is 1120. The zero-order valence-electron chi connectivity index (χ0n) is 20.5. The second-order valence-corrected chi connectivity index (χ2v) is 8.97. The quantitative estimate of drug-likeness (QED) is 0.392. The molecule has 37 heavy (non-hydrogen) atoms. The standard InChI is InChI=1S/C25H26F6N2O4/c1-14(2)37-23(35)33-15(3)9-21(19-7-5-6-8-20(19)33)32(22(34)36-4)13-16-10-17(24(26,27)28)12-18(11-16)25(29,30)31/h5-8,10-12,14-15,21H,9,13H2,1-4H3/t15-,21?/m1/s1. The van der Waals surface area contributed by atoms with Gasteiger partial charge in [0.05, 0.1) is 36.1 Å². The minimum absolute atomic E-state index is 0.0299. The van der Waals surface area contributed by atoms with Crippen molar-refractivity contribution in [1.82, 2.24) is 4.90 Å². The summed E-state index contributed by atoms with van der Waals surface area (Å²) in [5.41, 5.74) is -2.47. The van der Waals surface area contributed by atoms with E-state index in [2.05, 4.69) is 0 Å². The smallest absolute Gasteiger partial charge is 0.416 e. The van der Waals surface area contributed by atoms with Crippen LogP contribution in [0, 0.1) is 0 Å². The molecule has 12 heteroatoms. The topological polar surface area (TPSA) is 59.1 Å². The maximum absolute atomic E-state index is 13.4. The summed E-state index contributed by atoms with van der Waals surface area (Å²) >= 11 is 0. The van der Waals surface area contributed by atoms with E-state index in [1.165, 1.54) is 4.90 Å². The normalized spacial score (nSPS) is 17.9. The van der Waals surface area contributed by atoms with Crippen molar-refractivity contribution in [3.63, 3.8) is 0 Å². The van der Waals surface area contributed by atoms with E-state index in [0.717, 1.165) is 12.0 Å². The fraction of sp³-hybridized carbons (Fsp3) is 0.440. The summed E-state index contributed by atoms with van der Waals surface area (Å²) in [7, 11) is 1.06. The molecule has 0 aromatic heterocycles. The highest BCUT2D eigenvalue weighted by atomic mass is 19.4. The predicted octanol–water partition coefficient (Wildman–Crippen LogP) is 7.18. The number of halogens is 6. The molecule has 202 valence electrons. The number of carbonyl (C=O) groups excluding carboxylic acids is 2. The number of alkyl halides is 6. The third-order valence-corrected chi connectivity index (χ3v) is 5.88. The lowest BCUT2D eigenvalue weighted by molar-refractivity contribution is -0.143. The lowest BCUT2D eigenvalue weighted by Gasteiger charge is -2.42. The van der Waals surface area contributed by atoms with Gasteiger partial charge in [0.2, 0.25) is 0 Å². The number of anilines is 1.